The smallest absolute Gasteiger partial charge is 0.230 e. The fourth-order valence-electron chi connectivity index (χ4n) is 2.12. The summed E-state index contributed by atoms with van der Waals surface area (Å²) in [4.78, 5) is 15.2. The van der Waals surface area contributed by atoms with Gasteiger partial charge in [-0.3, -0.25) is 4.79 Å². The first-order valence-electron chi connectivity index (χ1n) is 6.13. The van der Waals surface area contributed by atoms with E-state index in [4.69, 9.17) is 0 Å². The van der Waals surface area contributed by atoms with Crippen molar-refractivity contribution in [1.82, 2.24) is 10.3 Å². The Hall–Kier alpha value is -2.10. The molecule has 100 valence electrons. The first-order valence-corrected chi connectivity index (χ1v) is 6.13. The standard InChI is InChI=1S/C15H17FN2O/c1-4-7-17-14(19)15(2,3)12-9-18-13-8-10(16)5-6-11(12)13/h4-6,8-9,18H,1,7H2,2-3H3,(H,17,19). The van der Waals surface area contributed by atoms with Crippen molar-refractivity contribution in [1.29, 1.82) is 0 Å². The molecule has 1 heterocycles. The molecule has 1 aromatic heterocycles. The lowest BCUT2D eigenvalue weighted by molar-refractivity contribution is -0.125. The highest BCUT2D eigenvalue weighted by Crippen LogP contribution is 2.30. The molecule has 3 nitrogen and oxygen atoms in total. The monoisotopic (exact) mass is 260 g/mol. The van der Waals surface area contributed by atoms with Gasteiger partial charge >= 0.3 is 0 Å². The Bertz CT molecular complexity index is 628. The van der Waals surface area contributed by atoms with Gasteiger partial charge in [-0.25, -0.2) is 4.39 Å². The van der Waals surface area contributed by atoms with Crippen molar-refractivity contribution in [2.75, 3.05) is 6.54 Å². The summed E-state index contributed by atoms with van der Waals surface area (Å²) in [6.07, 6.45) is 3.40. The minimum Gasteiger partial charge on any atom is -0.361 e. The topological polar surface area (TPSA) is 44.9 Å². The largest absolute Gasteiger partial charge is 0.361 e. The average Bonchev–Trinajstić information content (AvgIpc) is 2.79. The molecule has 4 heteroatoms. The molecule has 2 N–H and O–H groups in total. The number of hydrogen-bond acceptors (Lipinski definition) is 1. The van der Waals surface area contributed by atoms with Crippen LogP contribution in [0.2, 0.25) is 0 Å². The number of hydrogen-bond donors (Lipinski definition) is 2. The van der Waals surface area contributed by atoms with Crippen LogP contribution in [0, 0.1) is 5.82 Å². The zero-order valence-corrected chi connectivity index (χ0v) is 11.1. The van der Waals surface area contributed by atoms with Gasteiger partial charge < -0.3 is 10.3 Å². The molecule has 1 amide bonds. The first-order chi connectivity index (χ1) is 8.96. The van der Waals surface area contributed by atoms with E-state index in [1.54, 1.807) is 18.3 Å². The maximum absolute atomic E-state index is 13.2. The van der Waals surface area contributed by atoms with Crippen LogP contribution in [0.15, 0.2) is 37.1 Å². The quantitative estimate of drug-likeness (QED) is 0.816. The molecule has 0 saturated carbocycles. The minimum atomic E-state index is -0.695. The van der Waals surface area contributed by atoms with E-state index in [0.29, 0.717) is 12.1 Å². The van der Waals surface area contributed by atoms with Gasteiger partial charge in [0.15, 0.2) is 0 Å². The molecular weight excluding hydrogens is 243 g/mol. The summed E-state index contributed by atoms with van der Waals surface area (Å²) in [5.74, 6) is -0.382. The lowest BCUT2D eigenvalue weighted by Gasteiger charge is -2.23. The van der Waals surface area contributed by atoms with Gasteiger partial charge in [-0.05, 0) is 37.6 Å². The number of aromatic amines is 1. The second-order valence-corrected chi connectivity index (χ2v) is 5.02. The van der Waals surface area contributed by atoms with Gasteiger partial charge in [0.05, 0.1) is 5.41 Å². The Morgan fingerprint density at radius 1 is 1.53 bits per heavy atom. The van der Waals surface area contributed by atoms with E-state index in [0.717, 1.165) is 10.9 Å². The molecule has 0 unspecified atom stereocenters. The van der Waals surface area contributed by atoms with Crippen molar-refractivity contribution in [2.45, 2.75) is 19.3 Å². The van der Waals surface area contributed by atoms with Crippen molar-refractivity contribution in [3.8, 4) is 0 Å². The summed E-state index contributed by atoms with van der Waals surface area (Å²) in [6, 6.07) is 4.52. The van der Waals surface area contributed by atoms with E-state index in [-0.39, 0.29) is 11.7 Å². The van der Waals surface area contributed by atoms with Gasteiger partial charge in [0, 0.05) is 23.6 Å². The van der Waals surface area contributed by atoms with Crippen LogP contribution in [0.4, 0.5) is 4.39 Å². The molecule has 2 aromatic rings. The van der Waals surface area contributed by atoms with Crippen LogP contribution in [0.3, 0.4) is 0 Å². The van der Waals surface area contributed by atoms with Crippen molar-refractivity contribution in [2.24, 2.45) is 0 Å². The number of benzene rings is 1. The van der Waals surface area contributed by atoms with Crippen LogP contribution in [0.25, 0.3) is 10.9 Å². The maximum Gasteiger partial charge on any atom is 0.230 e. The summed E-state index contributed by atoms with van der Waals surface area (Å²) in [5.41, 5.74) is 0.850. The molecule has 0 aliphatic heterocycles. The molecular formula is C15H17FN2O. The number of halogens is 1. The lowest BCUT2D eigenvalue weighted by atomic mass is 9.83. The number of carbonyl (C=O) groups is 1. The molecule has 0 saturated heterocycles. The normalized spacial score (nSPS) is 11.5. The number of rotatable bonds is 4. The molecule has 0 spiro atoms. The van der Waals surface area contributed by atoms with E-state index < -0.39 is 5.41 Å². The fraction of sp³-hybridized carbons (Fsp3) is 0.267. The van der Waals surface area contributed by atoms with Crippen LogP contribution < -0.4 is 5.32 Å². The van der Waals surface area contributed by atoms with Crippen molar-refractivity contribution in [3.63, 3.8) is 0 Å². The predicted molar refractivity (Wildman–Crippen MR) is 74.5 cm³/mol. The summed E-state index contributed by atoms with van der Waals surface area (Å²) >= 11 is 0. The SMILES string of the molecule is C=CCNC(=O)C(C)(C)c1c[nH]c2cc(F)ccc12. The van der Waals surface area contributed by atoms with Crippen LogP contribution in [0.5, 0.6) is 0 Å². The second-order valence-electron chi connectivity index (χ2n) is 5.02. The first kappa shape index (κ1) is 13.3. The van der Waals surface area contributed by atoms with E-state index in [9.17, 15) is 9.18 Å². The van der Waals surface area contributed by atoms with Crippen molar-refractivity contribution in [3.05, 3.63) is 48.4 Å². The molecule has 0 aliphatic rings. The number of nitrogens with one attached hydrogen (secondary N) is 2. The Kier molecular flexibility index (Phi) is 3.42. The lowest BCUT2D eigenvalue weighted by Crippen LogP contribution is -2.40. The highest BCUT2D eigenvalue weighted by Gasteiger charge is 2.31. The maximum atomic E-state index is 13.2. The molecule has 0 aliphatic carbocycles. The summed E-state index contributed by atoms with van der Waals surface area (Å²) in [7, 11) is 0. The van der Waals surface area contributed by atoms with Gasteiger partial charge in [0.1, 0.15) is 5.82 Å². The number of amides is 1. The minimum absolute atomic E-state index is 0.0855. The molecule has 0 bridgehead atoms. The summed E-state index contributed by atoms with van der Waals surface area (Å²) < 4.78 is 13.2. The Morgan fingerprint density at radius 3 is 2.95 bits per heavy atom. The van der Waals surface area contributed by atoms with Gasteiger partial charge in [-0.1, -0.05) is 6.08 Å². The van der Waals surface area contributed by atoms with Gasteiger partial charge in [-0.15, -0.1) is 6.58 Å². The molecule has 19 heavy (non-hydrogen) atoms. The zero-order chi connectivity index (χ0) is 14.0. The van der Waals surface area contributed by atoms with Crippen LogP contribution >= 0.6 is 0 Å². The highest BCUT2D eigenvalue weighted by molar-refractivity contribution is 5.94. The average molecular weight is 260 g/mol. The van der Waals surface area contributed by atoms with E-state index in [1.807, 2.05) is 13.8 Å². The number of H-pyrrole nitrogens is 1. The Balaban J connectivity index is 2.42. The molecule has 0 fully saturated rings. The van der Waals surface area contributed by atoms with Gasteiger partial charge in [0.2, 0.25) is 5.91 Å². The number of fused-ring (bicyclic) bond motifs is 1. The molecule has 1 aromatic carbocycles. The fourth-order valence-corrected chi connectivity index (χ4v) is 2.12. The summed E-state index contributed by atoms with van der Waals surface area (Å²) in [6.45, 7) is 7.69. The molecule has 0 radical (unpaired) electrons. The number of aromatic nitrogens is 1. The second kappa shape index (κ2) is 4.88. The van der Waals surface area contributed by atoms with Crippen molar-refractivity contribution >= 4 is 16.8 Å². The number of carbonyl (C=O) groups excluding carboxylic acids is 1. The van der Waals surface area contributed by atoms with E-state index >= 15 is 0 Å². The Labute approximate surface area is 111 Å². The Morgan fingerprint density at radius 2 is 2.26 bits per heavy atom. The zero-order valence-electron chi connectivity index (χ0n) is 11.1. The third kappa shape index (κ3) is 2.38. The van der Waals surface area contributed by atoms with Gasteiger partial charge in [0.25, 0.3) is 0 Å². The molecule has 0 atom stereocenters. The third-order valence-corrected chi connectivity index (χ3v) is 3.29. The van der Waals surface area contributed by atoms with Crippen LogP contribution in [-0.2, 0) is 10.2 Å². The van der Waals surface area contributed by atoms with E-state index in [2.05, 4.69) is 16.9 Å². The van der Waals surface area contributed by atoms with Gasteiger partial charge in [-0.2, -0.15) is 0 Å². The van der Waals surface area contributed by atoms with Crippen molar-refractivity contribution < 1.29 is 9.18 Å². The van der Waals surface area contributed by atoms with E-state index in [1.165, 1.54) is 12.1 Å². The van der Waals surface area contributed by atoms with Crippen LogP contribution in [0.1, 0.15) is 19.4 Å². The summed E-state index contributed by atoms with van der Waals surface area (Å²) in [5, 5.41) is 3.65. The predicted octanol–water partition coefficient (Wildman–Crippen LogP) is 2.89. The molecule has 2 rings (SSSR count). The van der Waals surface area contributed by atoms with Crippen LogP contribution in [-0.4, -0.2) is 17.4 Å². The highest BCUT2D eigenvalue weighted by atomic mass is 19.1. The third-order valence-electron chi connectivity index (χ3n) is 3.29.